The van der Waals surface area contributed by atoms with Crippen LogP contribution in [-0.4, -0.2) is 26.9 Å². The van der Waals surface area contributed by atoms with E-state index in [2.05, 4.69) is 0 Å². The smallest absolute Gasteiger partial charge is 0.119 e. The Balaban J connectivity index is 1.98. The minimum Gasteiger partial charge on any atom is -0.497 e. The zero-order valence-electron chi connectivity index (χ0n) is 12.1. The zero-order chi connectivity index (χ0) is 14.3. The molecule has 2 bridgehead atoms. The third kappa shape index (κ3) is 2.29. The lowest BCUT2D eigenvalue weighted by Gasteiger charge is -2.44. The van der Waals surface area contributed by atoms with E-state index in [1.54, 1.807) is 7.11 Å². The van der Waals surface area contributed by atoms with E-state index in [1.807, 2.05) is 25.1 Å². The van der Waals surface area contributed by atoms with E-state index < -0.39 is 16.4 Å². The molecule has 0 amide bonds. The number of aryl methyl sites for hydroxylation is 1. The fourth-order valence-corrected chi connectivity index (χ4v) is 5.95. The molecule has 2 atom stereocenters. The van der Waals surface area contributed by atoms with Gasteiger partial charge in [-0.05, 0) is 55.9 Å². The second-order valence-corrected chi connectivity index (χ2v) is 8.11. The molecule has 1 aromatic carbocycles. The standard InChI is InChI=1S/C16H22O3S/c1-11-6-7-12(19-2)8-15(11)16(17)9-13-4-3-5-14(10-16)20(13)18/h6-8,13-14,17H,3-5,9-10H2,1-2H3. The molecule has 20 heavy (non-hydrogen) atoms. The van der Waals surface area contributed by atoms with Crippen LogP contribution in [0.3, 0.4) is 0 Å². The van der Waals surface area contributed by atoms with Crippen molar-refractivity contribution in [1.82, 2.24) is 0 Å². The van der Waals surface area contributed by atoms with E-state index in [0.29, 0.717) is 12.8 Å². The van der Waals surface area contributed by atoms with E-state index in [9.17, 15) is 9.32 Å². The first-order chi connectivity index (χ1) is 9.53. The summed E-state index contributed by atoms with van der Waals surface area (Å²) in [4.78, 5) is 0. The van der Waals surface area contributed by atoms with Crippen LogP contribution in [0.15, 0.2) is 18.2 Å². The van der Waals surface area contributed by atoms with E-state index in [1.165, 1.54) is 0 Å². The van der Waals surface area contributed by atoms with Crippen molar-refractivity contribution in [2.24, 2.45) is 0 Å². The minimum atomic E-state index is -0.845. The Morgan fingerprint density at radius 1 is 1.30 bits per heavy atom. The molecule has 1 N–H and O–H groups in total. The largest absolute Gasteiger partial charge is 0.497 e. The Bertz CT molecular complexity index is 525. The minimum absolute atomic E-state index is 0.151. The molecule has 0 radical (unpaired) electrons. The molecule has 2 aliphatic rings. The summed E-state index contributed by atoms with van der Waals surface area (Å²) in [6.07, 6.45) is 4.34. The van der Waals surface area contributed by atoms with Gasteiger partial charge in [-0.1, -0.05) is 12.5 Å². The Kier molecular flexibility index (Phi) is 3.63. The van der Waals surface area contributed by atoms with Gasteiger partial charge in [0, 0.05) is 21.3 Å². The Hall–Kier alpha value is -0.870. The monoisotopic (exact) mass is 294 g/mol. The molecule has 1 aromatic rings. The molecule has 4 heteroatoms. The van der Waals surface area contributed by atoms with Gasteiger partial charge in [-0.2, -0.15) is 0 Å². The van der Waals surface area contributed by atoms with Crippen molar-refractivity contribution in [1.29, 1.82) is 0 Å². The third-order valence-electron chi connectivity index (χ3n) is 4.79. The number of benzene rings is 1. The highest BCUT2D eigenvalue weighted by Crippen LogP contribution is 2.45. The highest BCUT2D eigenvalue weighted by molar-refractivity contribution is 7.86. The normalized spacial score (nSPS) is 36.6. The van der Waals surface area contributed by atoms with E-state index >= 15 is 0 Å². The molecule has 3 rings (SSSR count). The van der Waals surface area contributed by atoms with Gasteiger partial charge in [0.25, 0.3) is 0 Å². The van der Waals surface area contributed by atoms with Crippen molar-refractivity contribution in [2.75, 3.05) is 7.11 Å². The quantitative estimate of drug-likeness (QED) is 0.912. The predicted octanol–water partition coefficient (Wildman–Crippen LogP) is 2.65. The molecule has 3 nitrogen and oxygen atoms in total. The highest BCUT2D eigenvalue weighted by Gasteiger charge is 2.46. The second kappa shape index (κ2) is 5.15. The summed E-state index contributed by atoms with van der Waals surface area (Å²) in [5.74, 6) is 0.774. The summed E-state index contributed by atoms with van der Waals surface area (Å²) in [5.41, 5.74) is 1.19. The van der Waals surface area contributed by atoms with Crippen molar-refractivity contribution in [3.05, 3.63) is 29.3 Å². The molecule has 2 heterocycles. The Morgan fingerprint density at radius 2 is 1.95 bits per heavy atom. The van der Waals surface area contributed by atoms with Crippen molar-refractivity contribution in [2.45, 2.75) is 55.1 Å². The Labute approximate surface area is 122 Å². The van der Waals surface area contributed by atoms with Crippen molar-refractivity contribution >= 4 is 10.8 Å². The van der Waals surface area contributed by atoms with Crippen LogP contribution < -0.4 is 4.74 Å². The summed E-state index contributed by atoms with van der Waals surface area (Å²) in [5, 5.41) is 11.5. The number of hydrogen-bond donors (Lipinski definition) is 1. The molecule has 0 aliphatic carbocycles. The van der Waals surface area contributed by atoms with Crippen LogP contribution >= 0.6 is 0 Å². The lowest BCUT2D eigenvalue weighted by molar-refractivity contribution is 0.00581. The number of fused-ring (bicyclic) bond motifs is 2. The topological polar surface area (TPSA) is 46.5 Å². The average molecular weight is 294 g/mol. The molecule has 2 unspecified atom stereocenters. The number of aliphatic hydroxyl groups is 1. The predicted molar refractivity (Wildman–Crippen MR) is 80.4 cm³/mol. The number of hydrogen-bond acceptors (Lipinski definition) is 3. The molecule has 110 valence electrons. The van der Waals surface area contributed by atoms with E-state index in [4.69, 9.17) is 4.74 Å². The van der Waals surface area contributed by atoms with Crippen LogP contribution in [0.4, 0.5) is 0 Å². The first-order valence-electron chi connectivity index (χ1n) is 7.30. The van der Waals surface area contributed by atoms with Gasteiger partial charge < -0.3 is 9.84 Å². The summed E-state index contributed by atoms with van der Waals surface area (Å²) < 4.78 is 17.6. The molecule has 2 saturated heterocycles. The molecular formula is C16H22O3S. The van der Waals surface area contributed by atoms with Crippen LogP contribution in [0.1, 0.15) is 43.2 Å². The lowest BCUT2D eigenvalue weighted by Crippen LogP contribution is -2.47. The molecule has 0 saturated carbocycles. The first-order valence-corrected chi connectivity index (χ1v) is 8.58. The van der Waals surface area contributed by atoms with E-state index in [-0.39, 0.29) is 10.5 Å². The van der Waals surface area contributed by atoms with Crippen LogP contribution in [0.5, 0.6) is 5.75 Å². The van der Waals surface area contributed by atoms with Crippen LogP contribution in [0.25, 0.3) is 0 Å². The van der Waals surface area contributed by atoms with Crippen LogP contribution in [0.2, 0.25) is 0 Å². The zero-order valence-corrected chi connectivity index (χ0v) is 12.9. The van der Waals surface area contributed by atoms with Gasteiger partial charge in [0.05, 0.1) is 12.7 Å². The SMILES string of the molecule is COc1ccc(C)c(C2(O)CC3CCCC(C2)S3=O)c1. The molecule has 0 aromatic heterocycles. The lowest BCUT2D eigenvalue weighted by atomic mass is 9.79. The summed E-state index contributed by atoms with van der Waals surface area (Å²) in [6.45, 7) is 2.02. The van der Waals surface area contributed by atoms with Crippen LogP contribution in [-0.2, 0) is 16.4 Å². The van der Waals surface area contributed by atoms with Gasteiger partial charge in [-0.15, -0.1) is 0 Å². The summed E-state index contributed by atoms with van der Waals surface area (Å²) in [7, 11) is 0.881. The Morgan fingerprint density at radius 3 is 2.55 bits per heavy atom. The molecule has 2 fully saturated rings. The van der Waals surface area contributed by atoms with E-state index in [0.717, 1.165) is 36.1 Å². The summed E-state index contributed by atoms with van der Waals surface area (Å²) >= 11 is 0. The average Bonchev–Trinajstić information content (AvgIpc) is 2.41. The number of ether oxygens (including phenoxy) is 1. The molecular weight excluding hydrogens is 272 g/mol. The maximum Gasteiger partial charge on any atom is 0.119 e. The van der Waals surface area contributed by atoms with Gasteiger partial charge >= 0.3 is 0 Å². The van der Waals surface area contributed by atoms with Crippen LogP contribution in [0, 0.1) is 6.92 Å². The summed E-state index contributed by atoms with van der Waals surface area (Å²) in [6, 6.07) is 5.86. The first kappa shape index (κ1) is 14.1. The third-order valence-corrected chi connectivity index (χ3v) is 6.90. The molecule has 0 spiro atoms. The van der Waals surface area contributed by atoms with Crippen molar-refractivity contribution < 1.29 is 14.1 Å². The number of methoxy groups -OCH3 is 1. The fraction of sp³-hybridized carbons (Fsp3) is 0.625. The van der Waals surface area contributed by atoms with Crippen molar-refractivity contribution in [3.8, 4) is 5.75 Å². The maximum absolute atomic E-state index is 12.3. The van der Waals surface area contributed by atoms with Gasteiger partial charge in [-0.3, -0.25) is 4.21 Å². The van der Waals surface area contributed by atoms with Gasteiger partial charge in [0.1, 0.15) is 5.75 Å². The fourth-order valence-electron chi connectivity index (χ4n) is 3.73. The van der Waals surface area contributed by atoms with Gasteiger partial charge in [-0.25, -0.2) is 0 Å². The maximum atomic E-state index is 12.3. The van der Waals surface area contributed by atoms with Gasteiger partial charge in [0.2, 0.25) is 0 Å². The molecule has 2 aliphatic heterocycles. The number of rotatable bonds is 2. The van der Waals surface area contributed by atoms with Crippen molar-refractivity contribution in [3.63, 3.8) is 0 Å². The van der Waals surface area contributed by atoms with Gasteiger partial charge in [0.15, 0.2) is 0 Å². The second-order valence-electron chi connectivity index (χ2n) is 6.12. The highest BCUT2D eigenvalue weighted by atomic mass is 32.2.